The van der Waals surface area contributed by atoms with E-state index in [-0.39, 0.29) is 11.5 Å². The highest BCUT2D eigenvalue weighted by Crippen LogP contribution is 2.30. The Hall–Kier alpha value is -0.410. The van der Waals surface area contributed by atoms with E-state index in [4.69, 9.17) is 0 Å². The van der Waals surface area contributed by atoms with Crippen LogP contribution in [0, 0.1) is 11.3 Å². The number of carbonyl (C=O) groups excluding carboxylic acids is 1. The molecule has 2 N–H and O–H groups in total. The first-order chi connectivity index (χ1) is 6.48. The molecule has 2 aliphatic heterocycles. The molecule has 3 nitrogen and oxygen atoms in total. The molecule has 2 fully saturated rings. The van der Waals surface area contributed by atoms with Crippen LogP contribution >= 0.6 is 0 Å². The van der Waals surface area contributed by atoms with Crippen LogP contribution in [0.25, 0.3) is 0 Å². The van der Waals surface area contributed by atoms with Gasteiger partial charge in [0.25, 0.3) is 0 Å². The molecule has 2 aliphatic rings. The topological polar surface area (TPSA) is 41.1 Å². The number of Topliss-reactive ketones (excluding diaryl/α,β-unsaturated/α-hetero) is 1. The normalized spacial score (nSPS) is 37.2. The first-order valence-electron chi connectivity index (χ1n) is 5.52. The first kappa shape index (κ1) is 10.1. The minimum absolute atomic E-state index is 0.0813. The number of hydrogen-bond donors (Lipinski definition) is 2. The van der Waals surface area contributed by atoms with Gasteiger partial charge >= 0.3 is 0 Å². The average Bonchev–Trinajstić information content (AvgIpc) is 2.58. The van der Waals surface area contributed by atoms with Gasteiger partial charge in [-0.3, -0.25) is 10.1 Å². The molecule has 0 radical (unpaired) electrons. The van der Waals surface area contributed by atoms with Crippen molar-refractivity contribution in [2.45, 2.75) is 45.8 Å². The van der Waals surface area contributed by atoms with Crippen LogP contribution in [0.5, 0.6) is 0 Å². The molecule has 2 rings (SSSR count). The summed E-state index contributed by atoms with van der Waals surface area (Å²) in [5, 5.41) is 6.79. The molecule has 3 atom stereocenters. The highest BCUT2D eigenvalue weighted by Gasteiger charge is 2.42. The monoisotopic (exact) mass is 196 g/mol. The molecule has 0 aliphatic carbocycles. The Morgan fingerprint density at radius 1 is 1.36 bits per heavy atom. The largest absolute Gasteiger partial charge is 0.302 e. The maximum absolute atomic E-state index is 12.0. The van der Waals surface area contributed by atoms with Crippen molar-refractivity contribution >= 4 is 5.78 Å². The second-order valence-electron chi connectivity index (χ2n) is 5.55. The Morgan fingerprint density at radius 2 is 2.07 bits per heavy atom. The number of hydrogen-bond acceptors (Lipinski definition) is 3. The number of carbonyl (C=O) groups is 1. The summed E-state index contributed by atoms with van der Waals surface area (Å²) in [4.78, 5) is 12.0. The molecule has 3 unspecified atom stereocenters. The standard InChI is InChI=1S/C11H20N2O/c1-11(2,3)9(14)8-6-7-4-5-12-10(7)13-8/h7-8,10,12-13H,4-6H2,1-3H3. The first-order valence-corrected chi connectivity index (χ1v) is 5.52. The Morgan fingerprint density at radius 3 is 2.64 bits per heavy atom. The van der Waals surface area contributed by atoms with Gasteiger partial charge in [-0.1, -0.05) is 20.8 Å². The summed E-state index contributed by atoms with van der Waals surface area (Å²) in [6, 6.07) is 0.0813. The summed E-state index contributed by atoms with van der Waals surface area (Å²) in [5.74, 6) is 1.03. The smallest absolute Gasteiger partial charge is 0.155 e. The third-order valence-corrected chi connectivity index (χ3v) is 3.33. The maximum Gasteiger partial charge on any atom is 0.155 e. The lowest BCUT2D eigenvalue weighted by atomic mass is 9.85. The highest BCUT2D eigenvalue weighted by molar-refractivity contribution is 5.89. The summed E-state index contributed by atoms with van der Waals surface area (Å²) in [6.07, 6.45) is 2.63. The molecule has 0 amide bonds. The molecule has 0 saturated carbocycles. The zero-order valence-corrected chi connectivity index (χ0v) is 9.26. The van der Waals surface area contributed by atoms with Crippen molar-refractivity contribution in [1.82, 2.24) is 10.6 Å². The molecular weight excluding hydrogens is 176 g/mol. The van der Waals surface area contributed by atoms with E-state index in [1.54, 1.807) is 0 Å². The molecule has 80 valence electrons. The minimum Gasteiger partial charge on any atom is -0.302 e. The van der Waals surface area contributed by atoms with Gasteiger partial charge in [-0.15, -0.1) is 0 Å². The lowest BCUT2D eigenvalue weighted by molar-refractivity contribution is -0.128. The van der Waals surface area contributed by atoms with E-state index in [0.29, 0.717) is 17.9 Å². The van der Waals surface area contributed by atoms with Gasteiger partial charge in [-0.2, -0.15) is 0 Å². The predicted molar refractivity (Wildman–Crippen MR) is 55.9 cm³/mol. The van der Waals surface area contributed by atoms with Crippen LogP contribution in [0.15, 0.2) is 0 Å². The second kappa shape index (κ2) is 3.31. The molecule has 2 saturated heterocycles. The van der Waals surface area contributed by atoms with Gasteiger partial charge in [-0.25, -0.2) is 0 Å². The van der Waals surface area contributed by atoms with Gasteiger partial charge in [-0.05, 0) is 25.3 Å². The predicted octanol–water partition coefficient (Wildman–Crippen LogP) is 0.899. The van der Waals surface area contributed by atoms with Crippen LogP contribution < -0.4 is 10.6 Å². The molecule has 2 heterocycles. The molecule has 0 bridgehead atoms. The van der Waals surface area contributed by atoms with Crippen LogP contribution in [-0.2, 0) is 4.79 Å². The molecule has 3 heteroatoms. The third kappa shape index (κ3) is 1.71. The maximum atomic E-state index is 12.0. The van der Waals surface area contributed by atoms with Crippen LogP contribution in [0.2, 0.25) is 0 Å². The lowest BCUT2D eigenvalue weighted by Crippen LogP contribution is -2.45. The van der Waals surface area contributed by atoms with Crippen molar-refractivity contribution in [2.24, 2.45) is 11.3 Å². The zero-order chi connectivity index (χ0) is 10.3. The van der Waals surface area contributed by atoms with Crippen molar-refractivity contribution in [3.8, 4) is 0 Å². The van der Waals surface area contributed by atoms with Crippen molar-refractivity contribution in [2.75, 3.05) is 6.54 Å². The van der Waals surface area contributed by atoms with E-state index in [1.165, 1.54) is 6.42 Å². The van der Waals surface area contributed by atoms with Gasteiger partial charge < -0.3 is 5.32 Å². The summed E-state index contributed by atoms with van der Waals surface area (Å²) < 4.78 is 0. The van der Waals surface area contributed by atoms with Crippen LogP contribution in [0.3, 0.4) is 0 Å². The van der Waals surface area contributed by atoms with E-state index in [2.05, 4.69) is 10.6 Å². The van der Waals surface area contributed by atoms with E-state index >= 15 is 0 Å². The third-order valence-electron chi connectivity index (χ3n) is 3.33. The van der Waals surface area contributed by atoms with Crippen molar-refractivity contribution < 1.29 is 4.79 Å². The van der Waals surface area contributed by atoms with E-state index in [9.17, 15) is 4.79 Å². The number of ketones is 1. The van der Waals surface area contributed by atoms with E-state index in [1.807, 2.05) is 20.8 Å². The Kier molecular flexibility index (Phi) is 2.40. The van der Waals surface area contributed by atoms with Gasteiger partial charge in [0.15, 0.2) is 5.78 Å². The fraction of sp³-hybridized carbons (Fsp3) is 0.909. The SMILES string of the molecule is CC(C)(C)C(=O)C1CC2CCNC2N1. The van der Waals surface area contributed by atoms with E-state index in [0.717, 1.165) is 13.0 Å². The summed E-state index contributed by atoms with van der Waals surface area (Å²) in [5.41, 5.74) is -0.212. The second-order valence-corrected chi connectivity index (χ2v) is 5.55. The van der Waals surface area contributed by atoms with Gasteiger partial charge in [0.1, 0.15) is 0 Å². The van der Waals surface area contributed by atoms with Gasteiger partial charge in [0.2, 0.25) is 0 Å². The Bertz CT molecular complexity index is 232. The molecule has 14 heavy (non-hydrogen) atoms. The fourth-order valence-electron chi connectivity index (χ4n) is 2.50. The van der Waals surface area contributed by atoms with Crippen molar-refractivity contribution in [3.63, 3.8) is 0 Å². The summed E-state index contributed by atoms with van der Waals surface area (Å²) in [7, 11) is 0. The summed E-state index contributed by atoms with van der Waals surface area (Å²) >= 11 is 0. The number of rotatable bonds is 1. The number of nitrogens with one attached hydrogen (secondary N) is 2. The van der Waals surface area contributed by atoms with Gasteiger partial charge in [0.05, 0.1) is 12.2 Å². The molecule has 0 aromatic rings. The molecule has 0 aromatic heterocycles. The Balaban J connectivity index is 1.99. The molecule has 0 aromatic carbocycles. The van der Waals surface area contributed by atoms with Crippen molar-refractivity contribution in [1.29, 1.82) is 0 Å². The fourth-order valence-corrected chi connectivity index (χ4v) is 2.50. The average molecular weight is 196 g/mol. The van der Waals surface area contributed by atoms with Crippen LogP contribution in [0.4, 0.5) is 0 Å². The Labute approximate surface area is 85.6 Å². The van der Waals surface area contributed by atoms with E-state index < -0.39 is 0 Å². The van der Waals surface area contributed by atoms with Crippen LogP contribution in [0.1, 0.15) is 33.6 Å². The quantitative estimate of drug-likeness (QED) is 0.654. The minimum atomic E-state index is -0.212. The number of fused-ring (bicyclic) bond motifs is 1. The zero-order valence-electron chi connectivity index (χ0n) is 9.26. The van der Waals surface area contributed by atoms with Crippen molar-refractivity contribution in [3.05, 3.63) is 0 Å². The molecule has 0 spiro atoms. The van der Waals surface area contributed by atoms with Crippen LogP contribution in [-0.4, -0.2) is 24.5 Å². The van der Waals surface area contributed by atoms with Gasteiger partial charge in [0, 0.05) is 5.41 Å². The lowest BCUT2D eigenvalue weighted by Gasteiger charge is -2.22. The highest BCUT2D eigenvalue weighted by atomic mass is 16.1. The molecular formula is C11H20N2O. The summed E-state index contributed by atoms with van der Waals surface area (Å²) in [6.45, 7) is 7.09.